The Bertz CT molecular complexity index is 1140. The summed E-state index contributed by atoms with van der Waals surface area (Å²) in [7, 11) is 1.57. The van der Waals surface area contributed by atoms with Crippen LogP contribution in [0.15, 0.2) is 54.7 Å². The molecule has 0 bridgehead atoms. The summed E-state index contributed by atoms with van der Waals surface area (Å²) in [5, 5.41) is 21.4. The van der Waals surface area contributed by atoms with E-state index in [-0.39, 0.29) is 23.8 Å². The Morgan fingerprint density at radius 3 is 2.48 bits per heavy atom. The number of hydrogen-bond acceptors (Lipinski definition) is 4. The number of benzene rings is 2. The number of anilines is 1. The molecule has 0 saturated heterocycles. The molecule has 144 valence electrons. The van der Waals surface area contributed by atoms with E-state index in [1.165, 1.54) is 6.20 Å². The minimum atomic E-state index is -1.12. The van der Waals surface area contributed by atoms with Crippen molar-refractivity contribution in [1.82, 2.24) is 4.57 Å². The summed E-state index contributed by atoms with van der Waals surface area (Å²) in [6.07, 6.45) is 1.70. The second-order valence-electron chi connectivity index (χ2n) is 6.71. The topological polar surface area (TPSA) is 104 Å². The fourth-order valence-electron chi connectivity index (χ4n) is 3.65. The number of nitriles is 1. The molecule has 2 N–H and O–H groups in total. The van der Waals surface area contributed by atoms with Crippen molar-refractivity contribution in [3.05, 3.63) is 77.1 Å². The second kappa shape index (κ2) is 7.17. The lowest BCUT2D eigenvalue weighted by atomic mass is 9.88. The number of carboxylic acids is 1. The molecule has 0 radical (unpaired) electrons. The van der Waals surface area contributed by atoms with E-state index in [1.807, 2.05) is 12.1 Å². The maximum atomic E-state index is 12.4. The first-order valence-electron chi connectivity index (χ1n) is 8.94. The van der Waals surface area contributed by atoms with Gasteiger partial charge in [-0.05, 0) is 42.0 Å². The molecule has 0 unspecified atom stereocenters. The van der Waals surface area contributed by atoms with E-state index in [1.54, 1.807) is 48.1 Å². The van der Waals surface area contributed by atoms with Gasteiger partial charge in [0.25, 0.3) is 0 Å². The summed E-state index contributed by atoms with van der Waals surface area (Å²) in [4.78, 5) is 24.2. The van der Waals surface area contributed by atoms with Gasteiger partial charge in [0.1, 0.15) is 11.3 Å². The molecule has 1 amide bonds. The van der Waals surface area contributed by atoms with Gasteiger partial charge in [0, 0.05) is 24.2 Å². The average Bonchev–Trinajstić information content (AvgIpc) is 3.13. The lowest BCUT2D eigenvalue weighted by Gasteiger charge is -2.26. The van der Waals surface area contributed by atoms with Crippen LogP contribution in [-0.4, -0.2) is 28.7 Å². The first-order chi connectivity index (χ1) is 14.0. The third-order valence-corrected chi connectivity index (χ3v) is 5.05. The van der Waals surface area contributed by atoms with E-state index in [2.05, 4.69) is 11.4 Å². The van der Waals surface area contributed by atoms with Gasteiger partial charge in [-0.3, -0.25) is 4.79 Å². The van der Waals surface area contributed by atoms with E-state index in [0.29, 0.717) is 22.7 Å². The standard InChI is InChI=1S/C22H17N3O4/c1-29-16-8-6-15(7-9-16)25-12-18(22(27)28)20-21(25)17(10-19(26)24-20)14-4-2-13(11-23)3-5-14/h2-9,12,17H,10H2,1H3,(H,24,26)(H,27,28)/t17-/m0/s1. The summed E-state index contributed by atoms with van der Waals surface area (Å²) in [5.41, 5.74) is 3.14. The number of carbonyl (C=O) groups is 2. The molecule has 1 aliphatic heterocycles. The highest BCUT2D eigenvalue weighted by Crippen LogP contribution is 2.41. The number of ether oxygens (including phenoxy) is 1. The zero-order valence-electron chi connectivity index (χ0n) is 15.5. The summed E-state index contributed by atoms with van der Waals surface area (Å²) >= 11 is 0. The van der Waals surface area contributed by atoms with Crippen molar-refractivity contribution < 1.29 is 19.4 Å². The van der Waals surface area contributed by atoms with Crippen molar-refractivity contribution in [2.24, 2.45) is 0 Å². The van der Waals surface area contributed by atoms with E-state index in [4.69, 9.17) is 10.00 Å². The summed E-state index contributed by atoms with van der Waals surface area (Å²) < 4.78 is 6.99. The normalized spacial score (nSPS) is 15.2. The van der Waals surface area contributed by atoms with Gasteiger partial charge >= 0.3 is 5.97 Å². The highest BCUT2D eigenvalue weighted by atomic mass is 16.5. The largest absolute Gasteiger partial charge is 0.497 e. The minimum absolute atomic E-state index is 0.0301. The summed E-state index contributed by atoms with van der Waals surface area (Å²) in [5.74, 6) is -1.02. The fourth-order valence-corrected chi connectivity index (χ4v) is 3.65. The number of fused-ring (bicyclic) bond motifs is 1. The number of nitrogens with one attached hydrogen (secondary N) is 1. The number of hydrogen-bond donors (Lipinski definition) is 2. The number of rotatable bonds is 4. The van der Waals surface area contributed by atoms with Crippen LogP contribution in [0.3, 0.4) is 0 Å². The lowest BCUT2D eigenvalue weighted by Crippen LogP contribution is -2.25. The molecular weight excluding hydrogens is 370 g/mol. The molecule has 0 fully saturated rings. The van der Waals surface area contributed by atoms with Gasteiger partial charge in [-0.1, -0.05) is 12.1 Å². The maximum absolute atomic E-state index is 12.4. The molecule has 7 nitrogen and oxygen atoms in total. The Morgan fingerprint density at radius 2 is 1.90 bits per heavy atom. The van der Waals surface area contributed by atoms with Crippen molar-refractivity contribution >= 4 is 17.6 Å². The number of methoxy groups -OCH3 is 1. The summed E-state index contributed by atoms with van der Waals surface area (Å²) in [6.45, 7) is 0. The van der Waals surface area contributed by atoms with E-state index >= 15 is 0 Å². The zero-order chi connectivity index (χ0) is 20.5. The number of aromatic nitrogens is 1. The highest BCUT2D eigenvalue weighted by molar-refractivity contribution is 6.04. The van der Waals surface area contributed by atoms with Crippen molar-refractivity contribution in [2.75, 3.05) is 12.4 Å². The molecule has 2 heterocycles. The molecule has 0 saturated carbocycles. The van der Waals surface area contributed by atoms with E-state index < -0.39 is 5.97 Å². The Hall–Kier alpha value is -4.05. The number of carboxylic acid groups (broad SMARTS) is 1. The van der Waals surface area contributed by atoms with Crippen LogP contribution in [0.5, 0.6) is 5.75 Å². The van der Waals surface area contributed by atoms with Crippen molar-refractivity contribution in [2.45, 2.75) is 12.3 Å². The highest BCUT2D eigenvalue weighted by Gasteiger charge is 2.34. The van der Waals surface area contributed by atoms with Crippen LogP contribution >= 0.6 is 0 Å². The van der Waals surface area contributed by atoms with Gasteiger partial charge in [-0.2, -0.15) is 5.26 Å². The first-order valence-corrected chi connectivity index (χ1v) is 8.94. The molecule has 29 heavy (non-hydrogen) atoms. The summed E-state index contributed by atoms with van der Waals surface area (Å²) in [6, 6.07) is 16.3. The quantitative estimate of drug-likeness (QED) is 0.713. The van der Waals surface area contributed by atoms with Crippen LogP contribution in [0.25, 0.3) is 5.69 Å². The predicted molar refractivity (Wildman–Crippen MR) is 106 cm³/mol. The first kappa shape index (κ1) is 18.3. The van der Waals surface area contributed by atoms with Crippen LogP contribution in [0.1, 0.15) is 39.5 Å². The Labute approximate surface area is 166 Å². The Kier molecular flexibility index (Phi) is 4.53. The monoisotopic (exact) mass is 387 g/mol. The molecule has 4 rings (SSSR count). The zero-order valence-corrected chi connectivity index (χ0v) is 15.5. The molecule has 0 spiro atoms. The van der Waals surface area contributed by atoms with Gasteiger partial charge in [-0.15, -0.1) is 0 Å². The van der Waals surface area contributed by atoms with Crippen LogP contribution < -0.4 is 10.1 Å². The Balaban J connectivity index is 1.91. The minimum Gasteiger partial charge on any atom is -0.497 e. The number of carbonyl (C=O) groups excluding carboxylic acids is 1. The van der Waals surface area contributed by atoms with Crippen molar-refractivity contribution in [3.8, 4) is 17.5 Å². The molecule has 1 atom stereocenters. The van der Waals surface area contributed by atoms with Crippen LogP contribution in [0.2, 0.25) is 0 Å². The predicted octanol–water partition coefficient (Wildman–Crippen LogP) is 3.53. The molecular formula is C22H17N3O4. The number of amides is 1. The van der Waals surface area contributed by atoms with Crippen molar-refractivity contribution in [3.63, 3.8) is 0 Å². The fraction of sp³-hybridized carbons (Fsp3) is 0.136. The third-order valence-electron chi connectivity index (χ3n) is 5.05. The number of nitrogens with zero attached hydrogens (tertiary/aromatic N) is 2. The molecule has 2 aromatic carbocycles. The van der Waals surface area contributed by atoms with Gasteiger partial charge in [0.15, 0.2) is 0 Å². The van der Waals surface area contributed by atoms with E-state index in [0.717, 1.165) is 11.3 Å². The number of aromatic carboxylic acids is 1. The Morgan fingerprint density at radius 1 is 1.21 bits per heavy atom. The van der Waals surface area contributed by atoms with Crippen molar-refractivity contribution in [1.29, 1.82) is 5.26 Å². The third kappa shape index (κ3) is 3.21. The molecule has 1 aromatic heterocycles. The van der Waals surface area contributed by atoms with Gasteiger partial charge in [0.05, 0.1) is 30.1 Å². The molecule has 1 aliphatic rings. The molecule has 3 aromatic rings. The second-order valence-corrected chi connectivity index (χ2v) is 6.71. The molecule has 0 aliphatic carbocycles. The average molecular weight is 387 g/mol. The van der Waals surface area contributed by atoms with Gasteiger partial charge < -0.3 is 19.7 Å². The van der Waals surface area contributed by atoms with E-state index in [9.17, 15) is 14.7 Å². The maximum Gasteiger partial charge on any atom is 0.339 e. The SMILES string of the molecule is COc1ccc(-n2cc(C(=O)O)c3c2[C@H](c2ccc(C#N)cc2)CC(=O)N3)cc1. The van der Waals surface area contributed by atoms with Crippen LogP contribution in [-0.2, 0) is 4.79 Å². The molecule has 7 heteroatoms. The van der Waals surface area contributed by atoms with Crippen LogP contribution in [0.4, 0.5) is 5.69 Å². The van der Waals surface area contributed by atoms with Gasteiger partial charge in [-0.25, -0.2) is 4.79 Å². The van der Waals surface area contributed by atoms with Gasteiger partial charge in [0.2, 0.25) is 5.91 Å². The lowest BCUT2D eigenvalue weighted by molar-refractivity contribution is -0.116. The van der Waals surface area contributed by atoms with Crippen LogP contribution in [0, 0.1) is 11.3 Å². The smallest absolute Gasteiger partial charge is 0.339 e.